The van der Waals surface area contributed by atoms with E-state index >= 15 is 0 Å². The second-order valence-corrected chi connectivity index (χ2v) is 10.9. The summed E-state index contributed by atoms with van der Waals surface area (Å²) in [7, 11) is -3.94. The van der Waals surface area contributed by atoms with Crippen LogP contribution in [-0.4, -0.2) is 27.0 Å². The summed E-state index contributed by atoms with van der Waals surface area (Å²) in [5.41, 5.74) is 4.82. The SMILES string of the molecule is Cc1cc(C)c([C@@H](C)NC(=O)[C@H]2CN(S(=O)(=O)c3ccc(Cl)cc3)c3ccccc3O2)cc1C. The number of carbonyl (C=O) groups excluding carboxylic acids is 1. The molecule has 3 aromatic carbocycles. The molecule has 8 heteroatoms. The lowest BCUT2D eigenvalue weighted by Crippen LogP contribution is -2.51. The molecular weight excluding hydrogens is 472 g/mol. The molecule has 0 saturated carbocycles. The molecule has 34 heavy (non-hydrogen) atoms. The normalized spacial score (nSPS) is 16.4. The van der Waals surface area contributed by atoms with Crippen molar-refractivity contribution >= 4 is 33.2 Å². The van der Waals surface area contributed by atoms with Gasteiger partial charge in [0.05, 0.1) is 23.2 Å². The highest BCUT2D eigenvalue weighted by Crippen LogP contribution is 2.37. The number of halogens is 1. The summed E-state index contributed by atoms with van der Waals surface area (Å²) in [6, 6.07) is 16.7. The van der Waals surface area contributed by atoms with Gasteiger partial charge in [0.25, 0.3) is 15.9 Å². The van der Waals surface area contributed by atoms with Gasteiger partial charge in [-0.1, -0.05) is 35.9 Å². The molecule has 1 aliphatic rings. The zero-order valence-corrected chi connectivity index (χ0v) is 21.1. The Bertz CT molecular complexity index is 1340. The number of anilines is 1. The van der Waals surface area contributed by atoms with Gasteiger partial charge in [-0.25, -0.2) is 8.42 Å². The van der Waals surface area contributed by atoms with Gasteiger partial charge < -0.3 is 10.1 Å². The van der Waals surface area contributed by atoms with Crippen LogP contribution in [0.15, 0.2) is 65.6 Å². The first-order valence-electron chi connectivity index (χ1n) is 11.0. The molecule has 6 nitrogen and oxygen atoms in total. The number of ether oxygens (including phenoxy) is 1. The highest BCUT2D eigenvalue weighted by molar-refractivity contribution is 7.92. The molecular formula is C26H27ClN2O4S. The minimum atomic E-state index is -3.94. The molecule has 0 radical (unpaired) electrons. The number of nitrogens with zero attached hydrogens (tertiary/aromatic N) is 1. The summed E-state index contributed by atoms with van der Waals surface area (Å²) in [6.07, 6.45) is -1.01. The van der Waals surface area contributed by atoms with E-state index in [1.54, 1.807) is 24.3 Å². The van der Waals surface area contributed by atoms with E-state index in [-0.39, 0.29) is 23.4 Å². The Morgan fingerprint density at radius 1 is 1.03 bits per heavy atom. The third-order valence-corrected chi connectivity index (χ3v) is 8.18. The molecule has 0 aliphatic carbocycles. The van der Waals surface area contributed by atoms with Gasteiger partial charge in [-0.2, -0.15) is 0 Å². The summed E-state index contributed by atoms with van der Waals surface area (Å²) in [4.78, 5) is 13.3. The molecule has 2 atom stereocenters. The van der Waals surface area contributed by atoms with Crippen LogP contribution in [0.1, 0.15) is 35.2 Å². The number of carbonyl (C=O) groups is 1. The fourth-order valence-corrected chi connectivity index (χ4v) is 5.74. The Morgan fingerprint density at radius 3 is 2.38 bits per heavy atom. The average Bonchev–Trinajstić information content (AvgIpc) is 2.80. The summed E-state index contributed by atoms with van der Waals surface area (Å²) < 4.78 is 34.1. The van der Waals surface area contributed by atoms with Crippen molar-refractivity contribution in [2.75, 3.05) is 10.8 Å². The Hall–Kier alpha value is -3.03. The quantitative estimate of drug-likeness (QED) is 0.531. The van der Waals surface area contributed by atoms with Crippen LogP contribution >= 0.6 is 11.6 Å². The second kappa shape index (κ2) is 9.31. The molecule has 1 N–H and O–H groups in total. The predicted octanol–water partition coefficient (Wildman–Crippen LogP) is 5.10. The van der Waals surface area contributed by atoms with Crippen LogP contribution in [0.4, 0.5) is 5.69 Å². The highest BCUT2D eigenvalue weighted by atomic mass is 35.5. The molecule has 178 valence electrons. The van der Waals surface area contributed by atoms with Gasteiger partial charge in [-0.05, 0) is 86.3 Å². The van der Waals surface area contributed by atoms with E-state index in [4.69, 9.17) is 16.3 Å². The number of nitrogens with one attached hydrogen (secondary N) is 1. The van der Waals surface area contributed by atoms with Crippen molar-refractivity contribution in [2.45, 2.75) is 44.7 Å². The van der Waals surface area contributed by atoms with Crippen molar-refractivity contribution < 1.29 is 17.9 Å². The first-order valence-corrected chi connectivity index (χ1v) is 12.8. The zero-order chi connectivity index (χ0) is 24.6. The van der Waals surface area contributed by atoms with E-state index in [1.165, 1.54) is 34.1 Å². The van der Waals surface area contributed by atoms with E-state index in [9.17, 15) is 13.2 Å². The number of benzene rings is 3. The van der Waals surface area contributed by atoms with E-state index in [0.717, 1.165) is 16.7 Å². The van der Waals surface area contributed by atoms with Gasteiger partial charge in [0, 0.05) is 5.02 Å². The summed E-state index contributed by atoms with van der Waals surface area (Å²) >= 11 is 5.94. The van der Waals surface area contributed by atoms with Gasteiger partial charge in [0.15, 0.2) is 6.10 Å². The Balaban J connectivity index is 1.62. The minimum Gasteiger partial charge on any atom is -0.476 e. The molecule has 1 aliphatic heterocycles. The fourth-order valence-electron chi connectivity index (χ4n) is 4.13. The smallest absolute Gasteiger partial charge is 0.264 e. The predicted molar refractivity (Wildman–Crippen MR) is 134 cm³/mol. The highest BCUT2D eigenvalue weighted by Gasteiger charge is 2.37. The van der Waals surface area contributed by atoms with E-state index in [2.05, 4.69) is 24.4 Å². The molecule has 4 rings (SSSR count). The Labute approximate surface area is 205 Å². The van der Waals surface area contributed by atoms with Crippen LogP contribution < -0.4 is 14.4 Å². The van der Waals surface area contributed by atoms with Crippen molar-refractivity contribution in [1.82, 2.24) is 5.32 Å². The minimum absolute atomic E-state index is 0.0897. The number of hydrogen-bond acceptors (Lipinski definition) is 4. The molecule has 1 heterocycles. The number of aryl methyl sites for hydroxylation is 3. The molecule has 0 spiro atoms. The first kappa shape index (κ1) is 24.1. The Morgan fingerprint density at radius 2 is 1.68 bits per heavy atom. The third-order valence-electron chi connectivity index (χ3n) is 6.14. The van der Waals surface area contributed by atoms with Gasteiger partial charge in [0.1, 0.15) is 5.75 Å². The van der Waals surface area contributed by atoms with Gasteiger partial charge in [-0.3, -0.25) is 9.10 Å². The number of para-hydroxylation sites is 2. The van der Waals surface area contributed by atoms with Crippen molar-refractivity contribution in [1.29, 1.82) is 0 Å². The summed E-state index contributed by atoms with van der Waals surface area (Å²) in [5, 5.41) is 3.44. The van der Waals surface area contributed by atoms with Crippen molar-refractivity contribution in [3.8, 4) is 5.75 Å². The van der Waals surface area contributed by atoms with Crippen LogP contribution in [-0.2, 0) is 14.8 Å². The maximum Gasteiger partial charge on any atom is 0.264 e. The van der Waals surface area contributed by atoms with Crippen LogP contribution in [0.2, 0.25) is 5.02 Å². The lowest BCUT2D eigenvalue weighted by atomic mass is 9.96. The maximum absolute atomic E-state index is 13.5. The number of amides is 1. The molecule has 0 saturated heterocycles. The average molecular weight is 499 g/mol. The van der Waals surface area contributed by atoms with Gasteiger partial charge >= 0.3 is 0 Å². The molecule has 0 bridgehead atoms. The topological polar surface area (TPSA) is 75.7 Å². The van der Waals surface area contributed by atoms with Crippen LogP contribution in [0.25, 0.3) is 0 Å². The molecule has 0 fully saturated rings. The fraction of sp³-hybridized carbons (Fsp3) is 0.269. The van der Waals surface area contributed by atoms with E-state index in [1.807, 2.05) is 20.8 Å². The van der Waals surface area contributed by atoms with E-state index in [0.29, 0.717) is 16.5 Å². The number of rotatable bonds is 5. The standard InChI is InChI=1S/C26H27ClN2O4S/c1-16-13-18(3)22(14-17(16)2)19(4)28-26(30)25-15-29(23-7-5-6-8-24(23)33-25)34(31,32)21-11-9-20(27)10-12-21/h5-14,19,25H,15H2,1-4H3,(H,28,30)/t19-,25-/m1/s1. The van der Waals surface area contributed by atoms with Crippen molar-refractivity contribution in [2.24, 2.45) is 0 Å². The number of sulfonamides is 1. The molecule has 0 unspecified atom stereocenters. The molecule has 1 amide bonds. The zero-order valence-electron chi connectivity index (χ0n) is 19.5. The third kappa shape index (κ3) is 4.63. The van der Waals surface area contributed by atoms with Gasteiger partial charge in [0.2, 0.25) is 0 Å². The van der Waals surface area contributed by atoms with Crippen molar-refractivity contribution in [3.63, 3.8) is 0 Å². The summed E-state index contributed by atoms with van der Waals surface area (Å²) in [6.45, 7) is 7.87. The van der Waals surface area contributed by atoms with Crippen LogP contribution in [0.3, 0.4) is 0 Å². The van der Waals surface area contributed by atoms with Crippen LogP contribution in [0.5, 0.6) is 5.75 Å². The van der Waals surface area contributed by atoms with Gasteiger partial charge in [-0.15, -0.1) is 0 Å². The number of fused-ring (bicyclic) bond motifs is 1. The first-order chi connectivity index (χ1) is 16.1. The van der Waals surface area contributed by atoms with Crippen molar-refractivity contribution in [3.05, 3.63) is 87.9 Å². The van der Waals surface area contributed by atoms with E-state index < -0.39 is 16.1 Å². The Kier molecular flexibility index (Phi) is 6.60. The number of hydrogen-bond donors (Lipinski definition) is 1. The maximum atomic E-state index is 13.5. The molecule has 3 aromatic rings. The lowest BCUT2D eigenvalue weighted by molar-refractivity contribution is -0.128. The lowest BCUT2D eigenvalue weighted by Gasteiger charge is -2.35. The summed E-state index contributed by atoms with van der Waals surface area (Å²) in [5.74, 6) is -0.0441. The van der Waals surface area contributed by atoms with Crippen LogP contribution in [0, 0.1) is 20.8 Å². The molecule has 0 aromatic heterocycles. The monoisotopic (exact) mass is 498 g/mol. The second-order valence-electron chi connectivity index (χ2n) is 8.59. The largest absolute Gasteiger partial charge is 0.476 e.